The van der Waals surface area contributed by atoms with E-state index in [4.69, 9.17) is 9.88 Å². The van der Waals surface area contributed by atoms with Gasteiger partial charge in [0.2, 0.25) is 11.9 Å². The van der Waals surface area contributed by atoms with Crippen LogP contribution < -0.4 is 30.1 Å². The molecule has 1 aliphatic heterocycles. The summed E-state index contributed by atoms with van der Waals surface area (Å²) in [5, 5.41) is 13.5. The molecule has 0 spiro atoms. The van der Waals surface area contributed by atoms with E-state index in [1.807, 2.05) is 0 Å². The van der Waals surface area contributed by atoms with E-state index in [1.54, 1.807) is 4.90 Å². The van der Waals surface area contributed by atoms with Crippen molar-refractivity contribution in [2.75, 3.05) is 42.2 Å². The van der Waals surface area contributed by atoms with E-state index in [0.717, 1.165) is 7.05 Å². The number of benzene rings is 1. The van der Waals surface area contributed by atoms with Gasteiger partial charge in [-0.3, -0.25) is 9.59 Å². The zero-order valence-electron chi connectivity index (χ0n) is 24.8. The zero-order valence-corrected chi connectivity index (χ0v) is 25.7. The van der Waals surface area contributed by atoms with Crippen LogP contribution in [-0.2, 0) is 27.7 Å². The lowest BCUT2D eigenvalue weighted by atomic mass is 10.0. The highest BCUT2D eigenvalue weighted by atomic mass is 32.2. The maximum absolute atomic E-state index is 13.8. The third kappa shape index (κ3) is 8.19. The monoisotopic (exact) mass is 663 g/mol. The van der Waals surface area contributed by atoms with Gasteiger partial charge in [0.05, 0.1) is 12.8 Å². The number of piperidine rings is 1. The van der Waals surface area contributed by atoms with Crippen molar-refractivity contribution in [3.05, 3.63) is 72.1 Å². The van der Waals surface area contributed by atoms with Crippen molar-refractivity contribution in [3.8, 4) is 5.75 Å². The number of aromatic nitrogens is 3. The minimum Gasteiger partial charge on any atom is -0.495 e. The predicted octanol–water partition coefficient (Wildman–Crippen LogP) is 2.80. The Morgan fingerprint density at radius 1 is 1.22 bits per heavy atom. The third-order valence-corrected chi connectivity index (χ3v) is 8.05. The molecule has 0 atom stereocenters. The Kier molecular flexibility index (Phi) is 10.3. The Morgan fingerprint density at radius 3 is 2.57 bits per heavy atom. The second-order valence-corrected chi connectivity index (χ2v) is 11.7. The number of pyridine rings is 1. The number of amides is 2. The van der Waals surface area contributed by atoms with Gasteiger partial charge >= 0.3 is 6.18 Å². The first-order valence-electron chi connectivity index (χ1n) is 13.8. The van der Waals surface area contributed by atoms with Gasteiger partial charge in [0.1, 0.15) is 22.9 Å². The summed E-state index contributed by atoms with van der Waals surface area (Å²) >= 11 is 0. The molecule has 2 amide bonds. The number of nitrogens with one attached hydrogen (secondary N) is 3. The Hall–Kier alpha value is -4.97. The van der Waals surface area contributed by atoms with Crippen molar-refractivity contribution in [1.82, 2.24) is 25.2 Å². The minimum atomic E-state index is -4.82. The molecular formula is C28H32F3N9O5S. The Morgan fingerprint density at radius 2 is 1.93 bits per heavy atom. The first-order chi connectivity index (χ1) is 21.7. The molecule has 1 saturated heterocycles. The summed E-state index contributed by atoms with van der Waals surface area (Å²) in [5.74, 6) is -1.22. The summed E-state index contributed by atoms with van der Waals surface area (Å²) in [6.07, 6.45) is -0.497. The minimum absolute atomic E-state index is 0.0828. The molecule has 246 valence electrons. The molecule has 0 bridgehead atoms. The van der Waals surface area contributed by atoms with Crippen LogP contribution in [0.3, 0.4) is 0 Å². The standard InChI is InChI=1S/C28H32F3N9O5S/c1-4-23(41)40-12-9-19(10-13-40)36-26(42)17-7-8-21(22(14-17)45-3)37-27-35-16-20(28(29,30)31)24(38-27)34-15-18-6-5-11-33-25(18)39(2)46(32,43)44/h4-8,11,14,16,19H,1,9-10,12-13,15H2,2-3H3,(H,36,42)(H2,32,43,44)(H2,34,35,37,38). The molecule has 0 aliphatic carbocycles. The number of likely N-dealkylation sites (tertiary alicyclic amines) is 1. The fourth-order valence-corrected chi connectivity index (χ4v) is 5.04. The highest BCUT2D eigenvalue weighted by Gasteiger charge is 2.35. The Labute approximate surface area is 263 Å². The Balaban J connectivity index is 1.51. The SMILES string of the molecule is C=CC(=O)N1CCC(NC(=O)c2ccc(Nc3ncc(C(F)(F)F)c(NCc4cccnc4N(C)S(N)(=O)=O)n3)c(OC)c2)CC1. The molecule has 0 saturated carbocycles. The number of rotatable bonds is 11. The topological polar surface area (TPSA) is 185 Å². The van der Waals surface area contributed by atoms with E-state index in [1.165, 1.54) is 49.7 Å². The van der Waals surface area contributed by atoms with Gasteiger partial charge in [-0.05, 0) is 43.2 Å². The molecule has 1 fully saturated rings. The average Bonchev–Trinajstić information content (AvgIpc) is 3.02. The van der Waals surface area contributed by atoms with Crippen molar-refractivity contribution in [1.29, 1.82) is 0 Å². The second kappa shape index (κ2) is 14.0. The zero-order chi connectivity index (χ0) is 33.6. The molecule has 18 heteroatoms. The van der Waals surface area contributed by atoms with E-state index in [2.05, 4.69) is 37.5 Å². The molecule has 3 heterocycles. The van der Waals surface area contributed by atoms with Crippen LogP contribution in [0, 0.1) is 0 Å². The molecule has 4 rings (SSSR count). The summed E-state index contributed by atoms with van der Waals surface area (Å²) in [4.78, 5) is 38.2. The predicted molar refractivity (Wildman–Crippen MR) is 164 cm³/mol. The van der Waals surface area contributed by atoms with Gasteiger partial charge in [-0.2, -0.15) is 26.6 Å². The van der Waals surface area contributed by atoms with Gasteiger partial charge < -0.3 is 25.6 Å². The van der Waals surface area contributed by atoms with E-state index >= 15 is 0 Å². The highest BCUT2D eigenvalue weighted by molar-refractivity contribution is 7.90. The fraction of sp³-hybridized carbons (Fsp3) is 0.321. The summed E-state index contributed by atoms with van der Waals surface area (Å²) in [7, 11) is -1.67. The van der Waals surface area contributed by atoms with Crippen LogP contribution in [-0.4, -0.2) is 73.4 Å². The summed E-state index contributed by atoms with van der Waals surface area (Å²) < 4.78 is 71.3. The number of ether oxygens (including phenoxy) is 1. The molecule has 1 aromatic carbocycles. The summed E-state index contributed by atoms with van der Waals surface area (Å²) in [6, 6.07) is 7.28. The smallest absolute Gasteiger partial charge is 0.421 e. The number of carbonyl (C=O) groups excluding carboxylic acids is 2. The lowest BCUT2D eigenvalue weighted by molar-refractivity contribution is -0.137. The van der Waals surface area contributed by atoms with Crippen LogP contribution in [0.2, 0.25) is 0 Å². The first kappa shape index (κ1) is 33.9. The van der Waals surface area contributed by atoms with E-state index in [-0.39, 0.29) is 58.7 Å². The van der Waals surface area contributed by atoms with Gasteiger partial charge in [-0.15, -0.1) is 0 Å². The van der Waals surface area contributed by atoms with Crippen LogP contribution in [0.4, 0.5) is 36.4 Å². The van der Waals surface area contributed by atoms with Crippen LogP contribution in [0.1, 0.15) is 34.3 Å². The lowest BCUT2D eigenvalue weighted by Gasteiger charge is -2.31. The maximum atomic E-state index is 13.8. The van der Waals surface area contributed by atoms with Crippen molar-refractivity contribution in [2.24, 2.45) is 5.14 Å². The molecule has 1 aliphatic rings. The number of anilines is 4. The van der Waals surface area contributed by atoms with Crippen LogP contribution in [0.15, 0.2) is 55.4 Å². The number of methoxy groups -OCH3 is 1. The van der Waals surface area contributed by atoms with Crippen molar-refractivity contribution in [3.63, 3.8) is 0 Å². The number of nitrogens with zero attached hydrogens (tertiary/aromatic N) is 5. The van der Waals surface area contributed by atoms with Crippen LogP contribution >= 0.6 is 0 Å². The number of alkyl halides is 3. The molecule has 0 unspecified atom stereocenters. The lowest BCUT2D eigenvalue weighted by Crippen LogP contribution is -2.46. The normalized spacial score (nSPS) is 13.9. The third-order valence-electron chi connectivity index (χ3n) is 7.11. The molecule has 14 nitrogen and oxygen atoms in total. The molecule has 0 radical (unpaired) electrons. The number of carbonyl (C=O) groups is 2. The first-order valence-corrected chi connectivity index (χ1v) is 15.3. The van der Waals surface area contributed by atoms with Crippen LogP contribution in [0.25, 0.3) is 0 Å². The number of halogens is 3. The van der Waals surface area contributed by atoms with E-state index in [0.29, 0.717) is 36.4 Å². The van der Waals surface area contributed by atoms with Gasteiger partial charge in [0.15, 0.2) is 0 Å². The average molecular weight is 664 g/mol. The summed E-state index contributed by atoms with van der Waals surface area (Å²) in [5.41, 5.74) is -0.390. The summed E-state index contributed by atoms with van der Waals surface area (Å²) in [6.45, 7) is 4.17. The highest BCUT2D eigenvalue weighted by Crippen LogP contribution is 2.35. The molecule has 5 N–H and O–H groups in total. The van der Waals surface area contributed by atoms with E-state index in [9.17, 15) is 31.2 Å². The van der Waals surface area contributed by atoms with E-state index < -0.39 is 27.8 Å². The van der Waals surface area contributed by atoms with Gasteiger partial charge in [-0.25, -0.2) is 19.4 Å². The number of hydrogen-bond acceptors (Lipinski definition) is 10. The molecule has 2 aromatic heterocycles. The molecular weight excluding hydrogens is 631 g/mol. The Bertz CT molecular complexity index is 1710. The van der Waals surface area contributed by atoms with Crippen LogP contribution in [0.5, 0.6) is 5.75 Å². The van der Waals surface area contributed by atoms with Crippen molar-refractivity contribution in [2.45, 2.75) is 31.6 Å². The fourth-order valence-electron chi connectivity index (χ4n) is 4.63. The van der Waals surface area contributed by atoms with Gasteiger partial charge in [-0.1, -0.05) is 12.6 Å². The second-order valence-electron chi connectivity index (χ2n) is 10.1. The van der Waals surface area contributed by atoms with Gasteiger partial charge in [0, 0.05) is 56.2 Å². The number of hydrogen-bond donors (Lipinski definition) is 4. The van der Waals surface area contributed by atoms with Gasteiger partial charge in [0.25, 0.3) is 16.1 Å². The van der Waals surface area contributed by atoms with Crippen molar-refractivity contribution < 1.29 is 35.9 Å². The molecule has 3 aromatic rings. The largest absolute Gasteiger partial charge is 0.495 e. The number of nitrogens with two attached hydrogens (primary N) is 1. The maximum Gasteiger partial charge on any atom is 0.421 e. The van der Waals surface area contributed by atoms with Crippen molar-refractivity contribution >= 4 is 45.3 Å². The quantitative estimate of drug-likeness (QED) is 0.223. The molecule has 46 heavy (non-hydrogen) atoms.